The van der Waals surface area contributed by atoms with Crippen LogP contribution in [0.5, 0.6) is 11.5 Å². The maximum atomic E-state index is 12.3. The van der Waals surface area contributed by atoms with Crippen molar-refractivity contribution in [2.75, 3.05) is 13.7 Å². The molecule has 3 rings (SSSR count). The third-order valence-corrected chi connectivity index (χ3v) is 4.75. The van der Waals surface area contributed by atoms with Crippen LogP contribution in [0.1, 0.15) is 55.8 Å². The molecule has 0 saturated carbocycles. The van der Waals surface area contributed by atoms with Gasteiger partial charge in [-0.2, -0.15) is 0 Å². The molecule has 0 spiro atoms. The third-order valence-electron chi connectivity index (χ3n) is 4.75. The van der Waals surface area contributed by atoms with E-state index in [0.717, 1.165) is 12.8 Å². The van der Waals surface area contributed by atoms with E-state index in [1.807, 2.05) is 0 Å². The Bertz CT molecular complexity index is 968. The van der Waals surface area contributed by atoms with Gasteiger partial charge in [-0.3, -0.25) is 0 Å². The van der Waals surface area contributed by atoms with Crippen molar-refractivity contribution in [1.82, 2.24) is 15.0 Å². The minimum atomic E-state index is -0.359. The van der Waals surface area contributed by atoms with Crippen molar-refractivity contribution in [2.45, 2.75) is 45.4 Å². The summed E-state index contributed by atoms with van der Waals surface area (Å²) in [6.45, 7) is 2.62. The highest BCUT2D eigenvalue weighted by atomic mass is 16.5. The number of fused-ring (bicyclic) bond motifs is 1. The number of hydrogen-bond donors (Lipinski definition) is 1. The number of esters is 1. The van der Waals surface area contributed by atoms with Gasteiger partial charge < -0.3 is 14.6 Å². The minimum absolute atomic E-state index is 0.00299. The highest BCUT2D eigenvalue weighted by molar-refractivity contribution is 5.93. The number of phenols is 1. The van der Waals surface area contributed by atoms with E-state index in [1.165, 1.54) is 43.7 Å². The molecule has 0 amide bonds. The van der Waals surface area contributed by atoms with Crippen LogP contribution < -0.4 is 4.74 Å². The molecule has 0 saturated heterocycles. The summed E-state index contributed by atoms with van der Waals surface area (Å²) in [5, 5.41) is 18.9. The average molecular weight is 397 g/mol. The zero-order chi connectivity index (χ0) is 20.6. The maximum Gasteiger partial charge on any atom is 0.338 e. The van der Waals surface area contributed by atoms with Gasteiger partial charge in [-0.25, -0.2) is 4.79 Å². The average Bonchev–Trinajstić information content (AvgIpc) is 3.15. The minimum Gasteiger partial charge on any atom is -0.505 e. The summed E-state index contributed by atoms with van der Waals surface area (Å²) < 4.78 is 10.5. The van der Waals surface area contributed by atoms with E-state index in [2.05, 4.69) is 17.1 Å². The van der Waals surface area contributed by atoms with Gasteiger partial charge in [0.15, 0.2) is 0 Å². The number of nitrogens with zero attached hydrogens (tertiary/aromatic N) is 3. The number of phenolic OH excluding ortho intramolecular Hbond substituents is 1. The van der Waals surface area contributed by atoms with Gasteiger partial charge in [0.1, 0.15) is 28.2 Å². The Morgan fingerprint density at radius 2 is 1.76 bits per heavy atom. The van der Waals surface area contributed by atoms with Crippen molar-refractivity contribution < 1.29 is 19.4 Å². The van der Waals surface area contributed by atoms with Gasteiger partial charge in [0, 0.05) is 6.07 Å². The predicted octanol–water partition coefficient (Wildman–Crippen LogP) is 4.65. The predicted molar refractivity (Wildman–Crippen MR) is 111 cm³/mol. The first-order valence-corrected chi connectivity index (χ1v) is 10.0. The van der Waals surface area contributed by atoms with Crippen LogP contribution in [0.4, 0.5) is 0 Å². The summed E-state index contributed by atoms with van der Waals surface area (Å²) in [5.74, 6) is 0.184. The lowest BCUT2D eigenvalue weighted by Crippen LogP contribution is -2.06. The second kappa shape index (κ2) is 9.91. The summed E-state index contributed by atoms with van der Waals surface area (Å²) in [6.07, 6.45) is 6.85. The Morgan fingerprint density at radius 3 is 2.52 bits per heavy atom. The monoisotopic (exact) mass is 397 g/mol. The van der Waals surface area contributed by atoms with Gasteiger partial charge in [-0.1, -0.05) is 39.0 Å². The van der Waals surface area contributed by atoms with Gasteiger partial charge >= 0.3 is 5.97 Å². The molecular weight excluding hydrogens is 370 g/mol. The molecular formula is C22H27N3O4. The van der Waals surface area contributed by atoms with Crippen LogP contribution in [0.25, 0.3) is 16.7 Å². The Morgan fingerprint density at radius 1 is 1.00 bits per heavy atom. The number of aromatic hydroxyl groups is 1. The van der Waals surface area contributed by atoms with E-state index in [9.17, 15) is 9.90 Å². The number of methoxy groups -OCH3 is 1. The van der Waals surface area contributed by atoms with Crippen LogP contribution in [-0.2, 0) is 4.74 Å². The van der Waals surface area contributed by atoms with E-state index >= 15 is 0 Å². The first kappa shape index (κ1) is 20.6. The normalized spacial score (nSPS) is 11.0. The van der Waals surface area contributed by atoms with Crippen LogP contribution in [-0.4, -0.2) is 39.8 Å². The topological polar surface area (TPSA) is 86.5 Å². The van der Waals surface area contributed by atoms with Crippen molar-refractivity contribution in [1.29, 1.82) is 0 Å². The lowest BCUT2D eigenvalue weighted by atomic mass is 10.1. The molecule has 0 bridgehead atoms. The van der Waals surface area contributed by atoms with E-state index in [-0.39, 0.29) is 11.7 Å². The van der Waals surface area contributed by atoms with Gasteiger partial charge in [0.2, 0.25) is 0 Å². The van der Waals surface area contributed by atoms with Crippen LogP contribution >= 0.6 is 0 Å². The van der Waals surface area contributed by atoms with Crippen molar-refractivity contribution in [3.8, 4) is 17.2 Å². The number of unbranched alkanes of at least 4 members (excludes halogenated alkanes) is 5. The molecule has 0 fully saturated rings. The lowest BCUT2D eigenvalue weighted by molar-refractivity contribution is 0.0498. The number of benzene rings is 2. The molecule has 0 atom stereocenters. The summed E-state index contributed by atoms with van der Waals surface area (Å²) in [7, 11) is 1.53. The maximum absolute atomic E-state index is 12.3. The fourth-order valence-corrected chi connectivity index (χ4v) is 3.08. The van der Waals surface area contributed by atoms with Crippen LogP contribution in [0.2, 0.25) is 0 Å². The fourth-order valence-electron chi connectivity index (χ4n) is 3.08. The van der Waals surface area contributed by atoms with Crippen molar-refractivity contribution in [3.63, 3.8) is 0 Å². The van der Waals surface area contributed by atoms with Gasteiger partial charge in [-0.05, 0) is 36.8 Å². The molecule has 2 aromatic carbocycles. The largest absolute Gasteiger partial charge is 0.505 e. The second-order valence-electron chi connectivity index (χ2n) is 6.95. The van der Waals surface area contributed by atoms with Crippen molar-refractivity contribution in [3.05, 3.63) is 42.0 Å². The van der Waals surface area contributed by atoms with E-state index in [4.69, 9.17) is 9.47 Å². The van der Waals surface area contributed by atoms with Gasteiger partial charge in [0.25, 0.3) is 0 Å². The molecule has 0 unspecified atom stereocenters. The van der Waals surface area contributed by atoms with Crippen LogP contribution in [0, 0.1) is 0 Å². The zero-order valence-corrected chi connectivity index (χ0v) is 16.9. The number of aromatic nitrogens is 3. The van der Waals surface area contributed by atoms with E-state index < -0.39 is 0 Å². The number of rotatable bonds is 10. The molecule has 0 radical (unpaired) electrons. The summed E-state index contributed by atoms with van der Waals surface area (Å²) in [5.41, 5.74) is 2.03. The highest BCUT2D eigenvalue weighted by Gasteiger charge is 2.13. The lowest BCUT2D eigenvalue weighted by Gasteiger charge is -2.05. The molecule has 1 aromatic heterocycles. The third kappa shape index (κ3) is 5.25. The number of carbonyl (C=O) groups excluding carboxylic acids is 1. The van der Waals surface area contributed by atoms with Crippen LogP contribution in [0.3, 0.4) is 0 Å². The molecule has 0 aliphatic carbocycles. The summed E-state index contributed by atoms with van der Waals surface area (Å²) >= 11 is 0. The van der Waals surface area contributed by atoms with Crippen molar-refractivity contribution in [2.24, 2.45) is 0 Å². The standard InChI is InChI=1S/C22H27N3O4/c1-3-4-5-6-7-8-13-29-22(27)16-9-11-18-19(14-16)24-25(23-18)20-12-10-17(28-2)15-21(20)26/h9-12,14-15,26H,3-8,13H2,1-2H3. The molecule has 7 heteroatoms. The molecule has 0 aliphatic heterocycles. The molecule has 3 aromatic rings. The molecule has 29 heavy (non-hydrogen) atoms. The van der Waals surface area contributed by atoms with Gasteiger partial charge in [-0.15, -0.1) is 15.0 Å². The Labute approximate surface area is 170 Å². The zero-order valence-electron chi connectivity index (χ0n) is 16.9. The van der Waals surface area contributed by atoms with E-state index in [0.29, 0.717) is 34.6 Å². The quantitative estimate of drug-likeness (QED) is 0.396. The molecule has 7 nitrogen and oxygen atoms in total. The summed E-state index contributed by atoms with van der Waals surface area (Å²) in [6, 6.07) is 9.94. The SMILES string of the molecule is CCCCCCCCOC(=O)c1ccc2nn(-c3ccc(OC)cc3O)nc2c1. The van der Waals surface area contributed by atoms with Gasteiger partial charge in [0.05, 0.1) is 19.3 Å². The Hall–Kier alpha value is -3.09. The van der Waals surface area contributed by atoms with Crippen LogP contribution in [0.15, 0.2) is 36.4 Å². The number of hydrogen-bond acceptors (Lipinski definition) is 6. The van der Waals surface area contributed by atoms with Crippen molar-refractivity contribution >= 4 is 17.0 Å². The first-order chi connectivity index (χ1) is 14.1. The fraction of sp³-hybridized carbons (Fsp3) is 0.409. The molecule has 1 heterocycles. The summed E-state index contributed by atoms with van der Waals surface area (Å²) in [4.78, 5) is 13.6. The van der Waals surface area contributed by atoms with E-state index in [1.54, 1.807) is 30.3 Å². The first-order valence-electron chi connectivity index (χ1n) is 10.0. The number of ether oxygens (including phenoxy) is 2. The molecule has 0 aliphatic rings. The number of carbonyl (C=O) groups is 1. The molecule has 154 valence electrons. The highest BCUT2D eigenvalue weighted by Crippen LogP contribution is 2.26. The molecule has 1 N–H and O–H groups in total. The Balaban J connectivity index is 1.64. The Kier molecular flexibility index (Phi) is 7.05. The second-order valence-corrected chi connectivity index (χ2v) is 6.95. The smallest absolute Gasteiger partial charge is 0.338 e.